The average molecular weight is 283 g/mol. The highest BCUT2D eigenvalue weighted by Crippen LogP contribution is 2.23. The lowest BCUT2D eigenvalue weighted by Gasteiger charge is -2.27. The molecule has 1 aromatic rings. The summed E-state index contributed by atoms with van der Waals surface area (Å²) in [6.45, 7) is 0. The van der Waals surface area contributed by atoms with E-state index >= 15 is 0 Å². The van der Waals surface area contributed by atoms with E-state index in [1.54, 1.807) is 6.07 Å². The molecule has 0 saturated heterocycles. The van der Waals surface area contributed by atoms with Crippen molar-refractivity contribution in [2.75, 3.05) is 0 Å². The minimum atomic E-state index is -0.512. The Bertz CT molecular complexity index is 493. The number of nitrogens with one attached hydrogen (secondary N) is 1. The molecule has 0 radical (unpaired) electrons. The molecule has 6 heteroatoms. The summed E-state index contributed by atoms with van der Waals surface area (Å²) < 4.78 is 0. The molecule has 1 aromatic carbocycles. The number of halogens is 1. The van der Waals surface area contributed by atoms with E-state index < -0.39 is 4.92 Å². The van der Waals surface area contributed by atoms with Gasteiger partial charge in [-0.2, -0.15) is 0 Å². The number of non-ortho nitro benzene ring substituents is 1. The molecule has 0 bridgehead atoms. The van der Waals surface area contributed by atoms with E-state index in [-0.39, 0.29) is 23.0 Å². The molecule has 2 atom stereocenters. The second-order valence-corrected chi connectivity index (χ2v) is 5.25. The Morgan fingerprint density at radius 1 is 1.37 bits per heavy atom. The maximum Gasteiger partial charge on any atom is 0.270 e. The van der Waals surface area contributed by atoms with E-state index in [1.807, 2.05) is 0 Å². The number of benzene rings is 1. The number of alkyl halides is 1. The molecule has 1 aliphatic rings. The van der Waals surface area contributed by atoms with Gasteiger partial charge >= 0.3 is 0 Å². The van der Waals surface area contributed by atoms with Gasteiger partial charge in [-0.3, -0.25) is 14.9 Å². The third-order valence-electron chi connectivity index (χ3n) is 3.32. The molecular weight excluding hydrogens is 268 g/mol. The molecule has 1 fully saturated rings. The minimum Gasteiger partial charge on any atom is -0.348 e. The predicted octanol–water partition coefficient (Wildman–Crippen LogP) is 2.87. The Morgan fingerprint density at radius 2 is 2.11 bits per heavy atom. The van der Waals surface area contributed by atoms with E-state index in [0.717, 1.165) is 25.7 Å². The second kappa shape index (κ2) is 6.02. The normalized spacial score (nSPS) is 22.8. The molecule has 102 valence electrons. The Hall–Kier alpha value is -1.62. The minimum absolute atomic E-state index is 0.0535. The summed E-state index contributed by atoms with van der Waals surface area (Å²) in [5.74, 6) is -0.304. The van der Waals surface area contributed by atoms with Crippen molar-refractivity contribution in [3.05, 3.63) is 39.9 Å². The second-order valence-electron chi connectivity index (χ2n) is 4.69. The van der Waals surface area contributed by atoms with Crippen molar-refractivity contribution in [2.45, 2.75) is 37.1 Å². The maximum atomic E-state index is 12.0. The smallest absolute Gasteiger partial charge is 0.270 e. The number of nitro groups is 1. The fourth-order valence-electron chi connectivity index (χ4n) is 2.26. The highest BCUT2D eigenvalue weighted by molar-refractivity contribution is 6.21. The van der Waals surface area contributed by atoms with Crippen LogP contribution in [0, 0.1) is 10.1 Å². The van der Waals surface area contributed by atoms with Crippen LogP contribution >= 0.6 is 11.6 Å². The SMILES string of the molecule is O=C(NC1CCCCC1Cl)c1cccc([N+](=O)[O-])c1. The summed E-state index contributed by atoms with van der Waals surface area (Å²) in [7, 11) is 0. The third kappa shape index (κ3) is 3.44. The lowest BCUT2D eigenvalue weighted by molar-refractivity contribution is -0.384. The molecule has 1 N–H and O–H groups in total. The lowest BCUT2D eigenvalue weighted by Crippen LogP contribution is -2.42. The zero-order valence-electron chi connectivity index (χ0n) is 10.3. The van der Waals surface area contributed by atoms with Gasteiger partial charge in [0, 0.05) is 23.7 Å². The molecule has 19 heavy (non-hydrogen) atoms. The maximum absolute atomic E-state index is 12.0. The van der Waals surface area contributed by atoms with Gasteiger partial charge in [0.25, 0.3) is 11.6 Å². The van der Waals surface area contributed by atoms with Gasteiger partial charge in [0.15, 0.2) is 0 Å². The lowest BCUT2D eigenvalue weighted by atomic mass is 9.94. The first kappa shape index (κ1) is 13.8. The van der Waals surface area contributed by atoms with Crippen molar-refractivity contribution in [3.63, 3.8) is 0 Å². The number of carbonyl (C=O) groups excluding carboxylic acids is 1. The summed E-state index contributed by atoms with van der Waals surface area (Å²) in [6, 6.07) is 5.66. The van der Waals surface area contributed by atoms with E-state index in [4.69, 9.17) is 11.6 Å². The molecular formula is C13H15ClN2O3. The number of hydrogen-bond acceptors (Lipinski definition) is 3. The first-order chi connectivity index (χ1) is 9.08. The molecule has 1 saturated carbocycles. The van der Waals surface area contributed by atoms with Crippen molar-refractivity contribution in [1.82, 2.24) is 5.32 Å². The van der Waals surface area contributed by atoms with Crippen LogP contribution in [0.4, 0.5) is 5.69 Å². The summed E-state index contributed by atoms with van der Waals surface area (Å²) >= 11 is 6.17. The van der Waals surface area contributed by atoms with Crippen LogP contribution in [0.3, 0.4) is 0 Å². The molecule has 1 amide bonds. The Labute approximate surface area is 116 Å². The van der Waals surface area contributed by atoms with E-state index in [0.29, 0.717) is 5.56 Å². The van der Waals surface area contributed by atoms with Gasteiger partial charge in [0.1, 0.15) is 0 Å². The van der Waals surface area contributed by atoms with Crippen molar-refractivity contribution < 1.29 is 9.72 Å². The van der Waals surface area contributed by atoms with Gasteiger partial charge in [0.05, 0.1) is 10.3 Å². The molecule has 1 aliphatic carbocycles. The standard InChI is InChI=1S/C13H15ClN2O3/c14-11-6-1-2-7-12(11)15-13(17)9-4-3-5-10(8-9)16(18)19/h3-5,8,11-12H,1-2,6-7H2,(H,15,17). The highest BCUT2D eigenvalue weighted by atomic mass is 35.5. The molecule has 5 nitrogen and oxygen atoms in total. The van der Waals surface area contributed by atoms with Gasteiger partial charge in [-0.25, -0.2) is 0 Å². The van der Waals surface area contributed by atoms with Crippen LogP contribution in [-0.4, -0.2) is 22.2 Å². The summed E-state index contributed by atoms with van der Waals surface area (Å²) in [5.41, 5.74) is 0.211. The zero-order valence-corrected chi connectivity index (χ0v) is 11.1. The molecule has 0 aliphatic heterocycles. The van der Waals surface area contributed by atoms with Crippen LogP contribution in [0.15, 0.2) is 24.3 Å². The van der Waals surface area contributed by atoms with Crippen molar-refractivity contribution in [3.8, 4) is 0 Å². The number of nitro benzene ring substituents is 1. The number of rotatable bonds is 3. The van der Waals surface area contributed by atoms with Crippen LogP contribution < -0.4 is 5.32 Å². The van der Waals surface area contributed by atoms with E-state index in [9.17, 15) is 14.9 Å². The summed E-state index contributed by atoms with van der Waals surface area (Å²) in [5, 5.41) is 13.5. The summed E-state index contributed by atoms with van der Waals surface area (Å²) in [6.07, 6.45) is 3.87. The molecule has 0 aromatic heterocycles. The van der Waals surface area contributed by atoms with Gasteiger partial charge in [-0.1, -0.05) is 18.9 Å². The van der Waals surface area contributed by atoms with Gasteiger partial charge < -0.3 is 5.32 Å². The van der Waals surface area contributed by atoms with Crippen LogP contribution in [0.1, 0.15) is 36.0 Å². The van der Waals surface area contributed by atoms with Crippen molar-refractivity contribution in [1.29, 1.82) is 0 Å². The van der Waals surface area contributed by atoms with E-state index in [2.05, 4.69) is 5.32 Å². The van der Waals surface area contributed by atoms with Crippen LogP contribution in [0.5, 0.6) is 0 Å². The molecule has 0 spiro atoms. The monoisotopic (exact) mass is 282 g/mol. The first-order valence-corrected chi connectivity index (χ1v) is 6.71. The van der Waals surface area contributed by atoms with Gasteiger partial charge in [-0.15, -0.1) is 11.6 Å². The Balaban J connectivity index is 2.07. The number of hydrogen-bond donors (Lipinski definition) is 1. The van der Waals surface area contributed by atoms with Crippen LogP contribution in [0.25, 0.3) is 0 Å². The van der Waals surface area contributed by atoms with E-state index in [1.165, 1.54) is 18.2 Å². The molecule has 2 rings (SSSR count). The van der Waals surface area contributed by atoms with Crippen molar-refractivity contribution in [2.24, 2.45) is 0 Å². The molecule has 2 unspecified atom stereocenters. The van der Waals surface area contributed by atoms with Crippen LogP contribution in [0.2, 0.25) is 0 Å². The van der Waals surface area contributed by atoms with Crippen molar-refractivity contribution >= 4 is 23.2 Å². The Morgan fingerprint density at radius 3 is 2.79 bits per heavy atom. The quantitative estimate of drug-likeness (QED) is 0.526. The highest BCUT2D eigenvalue weighted by Gasteiger charge is 2.25. The fraction of sp³-hybridized carbons (Fsp3) is 0.462. The van der Waals surface area contributed by atoms with Gasteiger partial charge in [0.2, 0.25) is 0 Å². The number of nitrogens with zero attached hydrogens (tertiary/aromatic N) is 1. The average Bonchev–Trinajstić information content (AvgIpc) is 2.41. The fourth-order valence-corrected chi connectivity index (χ4v) is 2.60. The molecule has 0 heterocycles. The number of carbonyl (C=O) groups is 1. The largest absolute Gasteiger partial charge is 0.348 e. The topological polar surface area (TPSA) is 72.2 Å². The van der Waals surface area contributed by atoms with Gasteiger partial charge in [-0.05, 0) is 18.9 Å². The predicted molar refractivity (Wildman–Crippen MR) is 72.5 cm³/mol. The third-order valence-corrected chi connectivity index (χ3v) is 3.84. The summed E-state index contributed by atoms with van der Waals surface area (Å²) in [4.78, 5) is 22.2. The first-order valence-electron chi connectivity index (χ1n) is 6.27. The zero-order chi connectivity index (χ0) is 13.8. The number of amides is 1. The Kier molecular flexibility index (Phi) is 4.37. The van der Waals surface area contributed by atoms with Crippen LogP contribution in [-0.2, 0) is 0 Å².